The predicted octanol–water partition coefficient (Wildman–Crippen LogP) is 4.58. The molecule has 3 heteroatoms. The first-order chi connectivity index (χ1) is 9.65. The molecule has 2 aliphatic carbocycles. The Labute approximate surface area is 119 Å². The zero-order chi connectivity index (χ0) is 14.1. The fourth-order valence-corrected chi connectivity index (χ4v) is 3.74. The summed E-state index contributed by atoms with van der Waals surface area (Å²) in [5.74, 6) is 0.873. The van der Waals surface area contributed by atoms with Crippen LogP contribution in [0.15, 0.2) is 18.2 Å². The van der Waals surface area contributed by atoms with Crippen LogP contribution in [-0.2, 0) is 0 Å². The van der Waals surface area contributed by atoms with Crippen molar-refractivity contribution in [3.8, 4) is 0 Å². The van der Waals surface area contributed by atoms with Crippen molar-refractivity contribution in [1.82, 2.24) is 5.32 Å². The molecule has 0 spiro atoms. The number of halogens is 2. The van der Waals surface area contributed by atoms with Gasteiger partial charge in [-0.3, -0.25) is 0 Å². The second-order valence-corrected chi connectivity index (χ2v) is 6.48. The Hall–Kier alpha value is -0.960. The quantitative estimate of drug-likeness (QED) is 0.850. The van der Waals surface area contributed by atoms with Crippen molar-refractivity contribution in [3.63, 3.8) is 0 Å². The van der Waals surface area contributed by atoms with Gasteiger partial charge in [-0.2, -0.15) is 0 Å². The lowest BCUT2D eigenvalue weighted by Crippen LogP contribution is -2.36. The fourth-order valence-electron chi connectivity index (χ4n) is 3.74. The van der Waals surface area contributed by atoms with E-state index in [2.05, 4.69) is 5.32 Å². The fraction of sp³-hybridized carbons (Fsp3) is 0.647. The van der Waals surface area contributed by atoms with Crippen LogP contribution in [0.3, 0.4) is 0 Å². The van der Waals surface area contributed by atoms with E-state index in [-0.39, 0.29) is 11.6 Å². The number of hydrogen-bond acceptors (Lipinski definition) is 1. The lowest BCUT2D eigenvalue weighted by Gasteiger charge is -2.32. The van der Waals surface area contributed by atoms with Crippen LogP contribution in [0.5, 0.6) is 0 Å². The SMILES string of the molecule is CC(NC1CCCC(C2CC2)C1)c1c(F)cccc1F. The summed E-state index contributed by atoms with van der Waals surface area (Å²) in [5, 5.41) is 3.45. The van der Waals surface area contributed by atoms with E-state index in [9.17, 15) is 8.78 Å². The zero-order valence-corrected chi connectivity index (χ0v) is 12.0. The highest BCUT2D eigenvalue weighted by Gasteiger charge is 2.35. The van der Waals surface area contributed by atoms with E-state index < -0.39 is 11.6 Å². The molecule has 1 aromatic rings. The van der Waals surface area contributed by atoms with Gasteiger partial charge in [-0.05, 0) is 56.6 Å². The molecule has 0 aliphatic heterocycles. The third-order valence-electron chi connectivity index (χ3n) is 4.92. The molecule has 3 unspecified atom stereocenters. The second kappa shape index (κ2) is 5.80. The summed E-state index contributed by atoms with van der Waals surface area (Å²) in [7, 11) is 0. The largest absolute Gasteiger partial charge is 0.307 e. The van der Waals surface area contributed by atoms with Crippen molar-refractivity contribution in [2.45, 2.75) is 57.5 Å². The van der Waals surface area contributed by atoms with Gasteiger partial charge in [-0.1, -0.05) is 18.9 Å². The molecular formula is C17H23F2N. The summed E-state index contributed by atoms with van der Waals surface area (Å²) in [6.45, 7) is 1.86. The Morgan fingerprint density at radius 2 is 1.75 bits per heavy atom. The Balaban J connectivity index is 1.64. The van der Waals surface area contributed by atoms with E-state index in [4.69, 9.17) is 0 Å². The minimum absolute atomic E-state index is 0.182. The van der Waals surface area contributed by atoms with E-state index in [0.717, 1.165) is 18.3 Å². The summed E-state index contributed by atoms with van der Waals surface area (Å²) >= 11 is 0. The number of benzene rings is 1. The average Bonchev–Trinajstić information content (AvgIpc) is 3.23. The smallest absolute Gasteiger partial charge is 0.130 e. The van der Waals surface area contributed by atoms with Crippen molar-refractivity contribution in [2.24, 2.45) is 11.8 Å². The van der Waals surface area contributed by atoms with Crippen LogP contribution in [-0.4, -0.2) is 6.04 Å². The summed E-state index contributed by atoms with van der Waals surface area (Å²) in [6, 6.07) is 4.24. The summed E-state index contributed by atoms with van der Waals surface area (Å²) in [6.07, 6.45) is 7.65. The molecule has 1 N–H and O–H groups in total. The van der Waals surface area contributed by atoms with Crippen LogP contribution < -0.4 is 5.32 Å². The molecular weight excluding hydrogens is 256 g/mol. The molecule has 1 nitrogen and oxygen atoms in total. The average molecular weight is 279 g/mol. The Morgan fingerprint density at radius 3 is 2.40 bits per heavy atom. The van der Waals surface area contributed by atoms with Crippen LogP contribution in [0.1, 0.15) is 57.1 Å². The van der Waals surface area contributed by atoms with Gasteiger partial charge in [-0.25, -0.2) is 8.78 Å². The van der Waals surface area contributed by atoms with Crippen LogP contribution in [0, 0.1) is 23.5 Å². The van der Waals surface area contributed by atoms with Gasteiger partial charge in [0.05, 0.1) is 0 Å². The van der Waals surface area contributed by atoms with Gasteiger partial charge < -0.3 is 5.32 Å². The first-order valence-electron chi connectivity index (χ1n) is 7.85. The van der Waals surface area contributed by atoms with Gasteiger partial charge in [0.2, 0.25) is 0 Å². The van der Waals surface area contributed by atoms with E-state index in [0.29, 0.717) is 6.04 Å². The van der Waals surface area contributed by atoms with E-state index in [1.807, 2.05) is 6.92 Å². The molecule has 3 atom stereocenters. The third-order valence-corrected chi connectivity index (χ3v) is 4.92. The van der Waals surface area contributed by atoms with Gasteiger partial charge in [0.15, 0.2) is 0 Å². The second-order valence-electron chi connectivity index (χ2n) is 6.48. The highest BCUT2D eigenvalue weighted by atomic mass is 19.1. The molecule has 0 bridgehead atoms. The minimum Gasteiger partial charge on any atom is -0.307 e. The van der Waals surface area contributed by atoms with E-state index >= 15 is 0 Å². The maximum atomic E-state index is 13.8. The Morgan fingerprint density at radius 1 is 1.05 bits per heavy atom. The summed E-state index contributed by atoms with van der Waals surface area (Å²) in [4.78, 5) is 0. The van der Waals surface area contributed by atoms with Crippen molar-refractivity contribution >= 4 is 0 Å². The standard InChI is InChI=1S/C17H23F2N/c1-11(17-15(18)6-3-7-16(17)19)20-14-5-2-4-13(10-14)12-8-9-12/h3,6-7,11-14,20H,2,4-5,8-10H2,1H3. The summed E-state index contributed by atoms with van der Waals surface area (Å²) < 4.78 is 27.6. The number of hydrogen-bond donors (Lipinski definition) is 1. The van der Waals surface area contributed by atoms with Gasteiger partial charge in [0.1, 0.15) is 11.6 Å². The highest BCUT2D eigenvalue weighted by Crippen LogP contribution is 2.44. The minimum atomic E-state index is -0.445. The molecule has 2 fully saturated rings. The zero-order valence-electron chi connectivity index (χ0n) is 12.0. The maximum absolute atomic E-state index is 13.8. The molecule has 2 aliphatic rings. The van der Waals surface area contributed by atoms with Gasteiger partial charge in [-0.15, -0.1) is 0 Å². The lowest BCUT2D eigenvalue weighted by atomic mass is 9.82. The first-order valence-corrected chi connectivity index (χ1v) is 7.85. The van der Waals surface area contributed by atoms with Crippen LogP contribution >= 0.6 is 0 Å². The molecule has 0 aromatic heterocycles. The normalized spacial score (nSPS) is 28.4. The summed E-state index contributed by atoms with van der Waals surface area (Å²) in [5.41, 5.74) is 0.182. The molecule has 0 heterocycles. The molecule has 2 saturated carbocycles. The van der Waals surface area contributed by atoms with E-state index in [1.165, 1.54) is 50.3 Å². The molecule has 20 heavy (non-hydrogen) atoms. The topological polar surface area (TPSA) is 12.0 Å². The predicted molar refractivity (Wildman–Crippen MR) is 76.4 cm³/mol. The van der Waals surface area contributed by atoms with Gasteiger partial charge in [0.25, 0.3) is 0 Å². The molecule has 3 rings (SSSR count). The van der Waals surface area contributed by atoms with Crippen molar-refractivity contribution in [1.29, 1.82) is 0 Å². The maximum Gasteiger partial charge on any atom is 0.130 e. The van der Waals surface area contributed by atoms with Gasteiger partial charge >= 0.3 is 0 Å². The van der Waals surface area contributed by atoms with Crippen LogP contribution in [0.2, 0.25) is 0 Å². The van der Waals surface area contributed by atoms with Crippen molar-refractivity contribution in [2.75, 3.05) is 0 Å². The van der Waals surface area contributed by atoms with Crippen molar-refractivity contribution < 1.29 is 8.78 Å². The Kier molecular flexibility index (Phi) is 4.06. The van der Waals surface area contributed by atoms with Gasteiger partial charge in [0, 0.05) is 17.6 Å². The molecule has 1 aromatic carbocycles. The molecule has 110 valence electrons. The number of nitrogens with one attached hydrogen (secondary N) is 1. The van der Waals surface area contributed by atoms with Crippen molar-refractivity contribution in [3.05, 3.63) is 35.4 Å². The van der Waals surface area contributed by atoms with Crippen LogP contribution in [0.25, 0.3) is 0 Å². The van der Waals surface area contributed by atoms with Crippen LogP contribution in [0.4, 0.5) is 8.78 Å². The first kappa shape index (κ1) is 14.0. The van der Waals surface area contributed by atoms with E-state index in [1.54, 1.807) is 0 Å². The number of rotatable bonds is 4. The lowest BCUT2D eigenvalue weighted by molar-refractivity contribution is 0.247. The monoisotopic (exact) mass is 279 g/mol. The molecule has 0 amide bonds. The molecule has 0 saturated heterocycles. The Bertz CT molecular complexity index is 450. The highest BCUT2D eigenvalue weighted by molar-refractivity contribution is 5.23. The third kappa shape index (κ3) is 3.03. The molecule has 0 radical (unpaired) electrons.